The molecule has 1 heterocycles. The monoisotopic (exact) mass is 528 g/mol. The quantitative estimate of drug-likeness (QED) is 0.290. The summed E-state index contributed by atoms with van der Waals surface area (Å²) in [5.74, 6) is -1.04. The lowest BCUT2D eigenvalue weighted by Crippen LogP contribution is -2.44. The molecule has 0 amide bonds. The molecule has 1 saturated carbocycles. The third-order valence-electron chi connectivity index (χ3n) is 7.28. The molecule has 5 heteroatoms. The van der Waals surface area contributed by atoms with Crippen LogP contribution < -0.4 is 15.0 Å². The van der Waals surface area contributed by atoms with E-state index in [9.17, 15) is 8.78 Å². The maximum Gasteiger partial charge on any atom is 0.202 e. The molecule has 3 rings (SSSR count). The number of hydrogen-bond donors (Lipinski definition) is 1. The summed E-state index contributed by atoms with van der Waals surface area (Å²) in [4.78, 5) is 2.16. The zero-order chi connectivity index (χ0) is 28.3. The van der Waals surface area contributed by atoms with E-state index >= 15 is 0 Å². The minimum atomic E-state index is -0.871. The molecule has 3 nitrogen and oxygen atoms in total. The highest BCUT2D eigenvalue weighted by molar-refractivity contribution is 5.60. The summed E-state index contributed by atoms with van der Waals surface area (Å²) in [6, 6.07) is 2.84. The Kier molecular flexibility index (Phi) is 12.1. The maximum atomic E-state index is 14.0. The number of halogens is 2. The zero-order valence-electron chi connectivity index (χ0n) is 24.8. The number of rotatable bonds is 11. The van der Waals surface area contributed by atoms with E-state index in [4.69, 9.17) is 4.74 Å². The fourth-order valence-electron chi connectivity index (χ4n) is 5.67. The molecule has 38 heavy (non-hydrogen) atoms. The van der Waals surface area contributed by atoms with Gasteiger partial charge in [-0.1, -0.05) is 71.8 Å². The van der Waals surface area contributed by atoms with Crippen molar-refractivity contribution in [3.8, 4) is 5.75 Å². The Bertz CT molecular complexity index is 1000. The van der Waals surface area contributed by atoms with Gasteiger partial charge >= 0.3 is 0 Å². The van der Waals surface area contributed by atoms with E-state index in [2.05, 4.69) is 75.7 Å². The molecule has 2 fully saturated rings. The molecule has 2 aliphatic rings. The molecule has 1 spiro atoms. The Balaban J connectivity index is 0.000000275. The first-order valence-electron chi connectivity index (χ1n) is 14.3. The SMILES string of the molecule is C=C(C)/C=C(\C=C/C(C)CC)N/C=C/CCC.CCOc1c(N2CCC3(C2)CC(C)(C)C3)ccc(F)c1F. The average molecular weight is 529 g/mol. The van der Waals surface area contributed by atoms with Gasteiger partial charge < -0.3 is 15.0 Å². The summed E-state index contributed by atoms with van der Waals surface area (Å²) in [5, 5.41) is 3.30. The predicted molar refractivity (Wildman–Crippen MR) is 158 cm³/mol. The van der Waals surface area contributed by atoms with Crippen LogP contribution in [0, 0.1) is 28.4 Å². The molecule has 0 aromatic heterocycles. The first-order chi connectivity index (χ1) is 18.0. The van der Waals surface area contributed by atoms with Crippen LogP contribution in [-0.2, 0) is 0 Å². The predicted octanol–water partition coefficient (Wildman–Crippen LogP) is 9.33. The molecule has 1 aliphatic carbocycles. The maximum absolute atomic E-state index is 14.0. The molecular formula is C33H50F2N2O. The van der Waals surface area contributed by atoms with Crippen molar-refractivity contribution < 1.29 is 13.5 Å². The van der Waals surface area contributed by atoms with E-state index in [0.29, 0.717) is 29.0 Å². The first kappa shape index (κ1) is 31.7. The minimum absolute atomic E-state index is 0.0631. The van der Waals surface area contributed by atoms with Gasteiger partial charge in [0.15, 0.2) is 11.6 Å². The van der Waals surface area contributed by atoms with Crippen LogP contribution in [0.1, 0.15) is 87.0 Å². The van der Waals surface area contributed by atoms with E-state index in [-0.39, 0.29) is 5.75 Å². The van der Waals surface area contributed by atoms with Gasteiger partial charge in [0.2, 0.25) is 5.82 Å². The van der Waals surface area contributed by atoms with Crippen molar-refractivity contribution in [2.24, 2.45) is 16.7 Å². The van der Waals surface area contributed by atoms with E-state index in [1.165, 1.54) is 31.7 Å². The Morgan fingerprint density at radius 3 is 2.50 bits per heavy atom. The van der Waals surface area contributed by atoms with Crippen LogP contribution in [0.15, 0.2) is 60.5 Å². The number of ether oxygens (including phenoxy) is 1. The fraction of sp³-hybridized carbons (Fsp3) is 0.576. The molecule has 0 radical (unpaired) electrons. The van der Waals surface area contributed by atoms with Crippen LogP contribution in [0.2, 0.25) is 0 Å². The first-order valence-corrected chi connectivity index (χ1v) is 14.3. The molecule has 1 unspecified atom stereocenters. The van der Waals surface area contributed by atoms with Crippen LogP contribution in [0.5, 0.6) is 5.75 Å². The molecule has 1 saturated heterocycles. The largest absolute Gasteiger partial charge is 0.489 e. The smallest absolute Gasteiger partial charge is 0.202 e. The summed E-state index contributed by atoms with van der Waals surface area (Å²) in [6.07, 6.45) is 17.6. The second kappa shape index (κ2) is 14.6. The Hall–Kier alpha value is -2.56. The molecule has 1 atom stereocenters. The van der Waals surface area contributed by atoms with Gasteiger partial charge in [-0.25, -0.2) is 4.39 Å². The zero-order valence-corrected chi connectivity index (χ0v) is 24.8. The van der Waals surface area contributed by atoms with Gasteiger partial charge in [0, 0.05) is 18.8 Å². The molecule has 1 N–H and O–H groups in total. The van der Waals surface area contributed by atoms with Crippen LogP contribution in [-0.4, -0.2) is 19.7 Å². The molecule has 1 aromatic carbocycles. The average Bonchev–Trinajstić information content (AvgIpc) is 3.26. The lowest BCUT2D eigenvalue weighted by Gasteiger charge is -2.51. The van der Waals surface area contributed by atoms with Crippen molar-refractivity contribution in [1.29, 1.82) is 0 Å². The highest BCUT2D eigenvalue weighted by Crippen LogP contribution is 2.59. The third kappa shape index (κ3) is 9.32. The summed E-state index contributed by atoms with van der Waals surface area (Å²) in [6.45, 7) is 21.0. The molecule has 1 aliphatic heterocycles. The van der Waals surface area contributed by atoms with Crippen LogP contribution in [0.25, 0.3) is 0 Å². The van der Waals surface area contributed by atoms with Crippen molar-refractivity contribution in [1.82, 2.24) is 5.32 Å². The molecule has 212 valence electrons. The van der Waals surface area contributed by atoms with Gasteiger partial charge in [-0.15, -0.1) is 0 Å². The van der Waals surface area contributed by atoms with Crippen LogP contribution >= 0.6 is 0 Å². The molecule has 0 bridgehead atoms. The Labute approximate surface area is 230 Å². The van der Waals surface area contributed by atoms with Crippen molar-refractivity contribution in [3.05, 3.63) is 72.1 Å². The lowest BCUT2D eigenvalue weighted by molar-refractivity contribution is 0.00623. The fourth-order valence-corrected chi connectivity index (χ4v) is 5.67. The normalized spacial score (nSPS) is 18.9. The highest BCUT2D eigenvalue weighted by Gasteiger charge is 2.52. The third-order valence-corrected chi connectivity index (χ3v) is 7.28. The van der Waals surface area contributed by atoms with Crippen molar-refractivity contribution >= 4 is 5.69 Å². The topological polar surface area (TPSA) is 24.5 Å². The van der Waals surface area contributed by atoms with Gasteiger partial charge in [0.05, 0.1) is 12.3 Å². The standard InChI is InChI=1S/C17H23F2NO.C16H27N/c1-4-21-15-13(6-5-12(18)14(15)19)20-8-7-17(11-20)9-16(2,3)10-17;1-6-8-9-12-17-16(13-14(3)4)11-10-15(5)7-2/h5-6H,4,7-11H2,1-3H3;9-13,15,17H,3,6-8H2,1-2,4-5H3/b;11-10-,12-9+,16-13+. The van der Waals surface area contributed by atoms with Gasteiger partial charge in [-0.2, -0.15) is 4.39 Å². The number of hydrogen-bond acceptors (Lipinski definition) is 3. The minimum Gasteiger partial charge on any atom is -0.489 e. The lowest BCUT2D eigenvalue weighted by atomic mass is 9.54. The van der Waals surface area contributed by atoms with E-state index in [0.717, 1.165) is 37.2 Å². The second-order valence-corrected chi connectivity index (χ2v) is 11.9. The molecule has 1 aromatic rings. The number of allylic oxidation sites excluding steroid dienone is 5. The number of benzene rings is 1. The summed E-state index contributed by atoms with van der Waals surface area (Å²) >= 11 is 0. The van der Waals surface area contributed by atoms with Crippen molar-refractivity contribution in [3.63, 3.8) is 0 Å². The second-order valence-electron chi connectivity index (χ2n) is 11.9. The van der Waals surface area contributed by atoms with Crippen LogP contribution in [0.3, 0.4) is 0 Å². The van der Waals surface area contributed by atoms with Crippen molar-refractivity contribution in [2.45, 2.75) is 87.0 Å². The van der Waals surface area contributed by atoms with Gasteiger partial charge in [-0.05, 0) is 86.8 Å². The number of nitrogens with zero attached hydrogens (tertiary/aromatic N) is 1. The van der Waals surface area contributed by atoms with Gasteiger partial charge in [0.1, 0.15) is 0 Å². The summed E-state index contributed by atoms with van der Waals surface area (Å²) < 4.78 is 32.8. The van der Waals surface area contributed by atoms with Gasteiger partial charge in [-0.3, -0.25) is 0 Å². The number of anilines is 1. The van der Waals surface area contributed by atoms with E-state index in [1.807, 2.05) is 13.1 Å². The van der Waals surface area contributed by atoms with E-state index < -0.39 is 11.6 Å². The van der Waals surface area contributed by atoms with E-state index in [1.54, 1.807) is 13.0 Å². The Morgan fingerprint density at radius 1 is 1.21 bits per heavy atom. The van der Waals surface area contributed by atoms with Gasteiger partial charge in [0.25, 0.3) is 0 Å². The van der Waals surface area contributed by atoms with Crippen LogP contribution in [0.4, 0.5) is 14.5 Å². The summed E-state index contributed by atoms with van der Waals surface area (Å²) in [5.41, 5.74) is 3.64. The molecular weight excluding hydrogens is 478 g/mol. The highest BCUT2D eigenvalue weighted by atomic mass is 19.2. The Morgan fingerprint density at radius 2 is 1.92 bits per heavy atom. The summed E-state index contributed by atoms with van der Waals surface area (Å²) in [7, 11) is 0. The number of unbranched alkanes of at least 4 members (excludes halogenated alkanes) is 1. The van der Waals surface area contributed by atoms with Crippen molar-refractivity contribution in [2.75, 3.05) is 24.6 Å². The number of nitrogens with one attached hydrogen (secondary N) is 1.